The second-order valence-electron chi connectivity index (χ2n) is 6.14. The summed E-state index contributed by atoms with van der Waals surface area (Å²) in [6, 6.07) is 9.74. The summed E-state index contributed by atoms with van der Waals surface area (Å²) in [5.41, 5.74) is 1.87. The molecule has 146 valence electrons. The summed E-state index contributed by atoms with van der Waals surface area (Å²) in [6.45, 7) is 3.33. The van der Waals surface area contributed by atoms with E-state index in [1.807, 2.05) is 12.1 Å². The normalized spacial score (nSPS) is 16.9. The summed E-state index contributed by atoms with van der Waals surface area (Å²) in [7, 11) is 0. The van der Waals surface area contributed by atoms with Gasteiger partial charge in [-0.15, -0.1) is 13.2 Å². The van der Waals surface area contributed by atoms with Gasteiger partial charge in [-0.2, -0.15) is 0 Å². The molecule has 1 heterocycles. The summed E-state index contributed by atoms with van der Waals surface area (Å²) in [5.74, 6) is 0.00751. The van der Waals surface area contributed by atoms with Crippen LogP contribution in [0.4, 0.5) is 13.2 Å². The molecule has 0 radical (unpaired) electrons. The Morgan fingerprint density at radius 3 is 2.07 bits per heavy atom. The van der Waals surface area contributed by atoms with Gasteiger partial charge in [0.25, 0.3) is 0 Å². The Hall–Kier alpha value is -0.790. The molecule has 1 aliphatic heterocycles. The summed E-state index contributed by atoms with van der Waals surface area (Å²) in [5, 5.41) is 13.4. The third-order valence-electron chi connectivity index (χ3n) is 4.30. The van der Waals surface area contributed by atoms with Crippen LogP contribution in [0.25, 0.3) is 0 Å². The van der Waals surface area contributed by atoms with Crippen LogP contribution in [-0.4, -0.2) is 42.5 Å². The maximum absolute atomic E-state index is 12.4. The molecule has 1 fully saturated rings. The zero-order valence-corrected chi connectivity index (χ0v) is 18.4. The van der Waals surface area contributed by atoms with Crippen molar-refractivity contribution in [3.05, 3.63) is 54.7 Å². The largest absolute Gasteiger partial charge is 0.573 e. The highest BCUT2D eigenvalue weighted by Crippen LogP contribution is 2.36. The first-order chi connectivity index (χ1) is 12.7. The van der Waals surface area contributed by atoms with E-state index in [9.17, 15) is 18.3 Å². The van der Waals surface area contributed by atoms with Crippen molar-refractivity contribution in [2.75, 3.05) is 26.2 Å². The summed E-state index contributed by atoms with van der Waals surface area (Å²) in [4.78, 5) is 2.29. The number of piperazine rings is 1. The van der Waals surface area contributed by atoms with Crippen molar-refractivity contribution >= 4 is 45.2 Å². The molecule has 0 aliphatic carbocycles. The Kier molecular flexibility index (Phi) is 6.75. The number of hydrogen-bond acceptors (Lipinski definition) is 4. The molecule has 0 aromatic heterocycles. The van der Waals surface area contributed by atoms with Gasteiger partial charge < -0.3 is 15.2 Å². The Labute approximate surface area is 182 Å². The van der Waals surface area contributed by atoms with Crippen LogP contribution in [0.5, 0.6) is 11.5 Å². The quantitative estimate of drug-likeness (QED) is 0.506. The third kappa shape index (κ3) is 5.39. The van der Waals surface area contributed by atoms with Gasteiger partial charge in [0.2, 0.25) is 0 Å². The number of nitrogens with one attached hydrogen (secondary N) is 1. The molecule has 1 saturated heterocycles. The average Bonchev–Trinajstić information content (AvgIpc) is 2.61. The molecular formula is C18H17F3I2N2O2. The smallest absolute Gasteiger partial charge is 0.506 e. The van der Waals surface area contributed by atoms with Gasteiger partial charge in [0.15, 0.2) is 0 Å². The molecule has 2 aromatic rings. The van der Waals surface area contributed by atoms with Crippen LogP contribution in [0.1, 0.15) is 17.2 Å². The Morgan fingerprint density at radius 2 is 1.56 bits per heavy atom. The minimum absolute atomic E-state index is 0.116. The molecule has 0 amide bonds. The summed E-state index contributed by atoms with van der Waals surface area (Å²) < 4.78 is 42.7. The van der Waals surface area contributed by atoms with Crippen LogP contribution in [0, 0.1) is 7.14 Å². The lowest BCUT2D eigenvalue weighted by molar-refractivity contribution is -0.274. The van der Waals surface area contributed by atoms with Crippen molar-refractivity contribution in [3.8, 4) is 11.5 Å². The van der Waals surface area contributed by atoms with Crippen LogP contribution >= 0.6 is 45.2 Å². The predicted molar refractivity (Wildman–Crippen MR) is 113 cm³/mol. The van der Waals surface area contributed by atoms with E-state index in [2.05, 4.69) is 60.1 Å². The molecule has 0 bridgehead atoms. The number of benzene rings is 2. The second-order valence-corrected chi connectivity index (χ2v) is 8.46. The summed E-state index contributed by atoms with van der Waals surface area (Å²) in [6.07, 6.45) is -4.71. The number of ether oxygens (including phenoxy) is 1. The first-order valence-corrected chi connectivity index (χ1v) is 10.4. The van der Waals surface area contributed by atoms with E-state index < -0.39 is 6.36 Å². The number of halogens is 5. The van der Waals surface area contributed by atoms with Crippen molar-refractivity contribution in [1.82, 2.24) is 10.2 Å². The minimum Gasteiger partial charge on any atom is -0.506 e. The average molecular weight is 604 g/mol. The molecule has 9 heteroatoms. The standard InChI is InChI=1S/C18H17F3I2N2O2/c19-18(20,21)27-13-3-1-11(2-4-13)16(25-7-5-24-6-8-25)12-9-14(22)17(26)15(23)10-12/h1-4,9-10,16,24,26H,5-8H2/t16-/m0/s1. The predicted octanol–water partition coefficient (Wildman–Crippen LogP) is 4.49. The highest BCUT2D eigenvalue weighted by atomic mass is 127. The van der Waals surface area contributed by atoms with E-state index in [0.29, 0.717) is 0 Å². The number of hydrogen-bond donors (Lipinski definition) is 2. The number of phenolic OH excluding ortho intramolecular Hbond substituents is 1. The second kappa shape index (κ2) is 8.70. The number of rotatable bonds is 4. The van der Waals surface area contributed by atoms with Gasteiger partial charge in [-0.3, -0.25) is 4.90 Å². The minimum atomic E-state index is -4.71. The first kappa shape index (κ1) is 20.9. The highest BCUT2D eigenvalue weighted by Gasteiger charge is 2.31. The molecule has 27 heavy (non-hydrogen) atoms. The lowest BCUT2D eigenvalue weighted by Gasteiger charge is -2.36. The molecule has 0 spiro atoms. The van der Waals surface area contributed by atoms with Crippen LogP contribution < -0.4 is 10.1 Å². The van der Waals surface area contributed by atoms with Gasteiger partial charge in [0, 0.05) is 26.2 Å². The maximum atomic E-state index is 12.4. The fraction of sp³-hybridized carbons (Fsp3) is 0.333. The molecule has 0 saturated carbocycles. The van der Waals surface area contributed by atoms with E-state index in [0.717, 1.165) is 44.4 Å². The van der Waals surface area contributed by atoms with Gasteiger partial charge in [-0.1, -0.05) is 12.1 Å². The van der Waals surface area contributed by atoms with E-state index in [4.69, 9.17) is 0 Å². The molecule has 2 N–H and O–H groups in total. The maximum Gasteiger partial charge on any atom is 0.573 e. The molecule has 3 rings (SSSR count). The van der Waals surface area contributed by atoms with E-state index in [1.165, 1.54) is 12.1 Å². The van der Waals surface area contributed by atoms with E-state index in [-0.39, 0.29) is 17.5 Å². The van der Waals surface area contributed by atoms with Crippen molar-refractivity contribution < 1.29 is 23.0 Å². The molecule has 4 nitrogen and oxygen atoms in total. The summed E-state index contributed by atoms with van der Waals surface area (Å²) >= 11 is 4.18. The first-order valence-electron chi connectivity index (χ1n) is 8.23. The van der Waals surface area contributed by atoms with E-state index >= 15 is 0 Å². The monoisotopic (exact) mass is 604 g/mol. The van der Waals surface area contributed by atoms with Crippen LogP contribution in [0.15, 0.2) is 36.4 Å². The van der Waals surface area contributed by atoms with Gasteiger partial charge in [-0.05, 0) is 80.6 Å². The number of phenols is 1. The van der Waals surface area contributed by atoms with Gasteiger partial charge in [-0.25, -0.2) is 0 Å². The van der Waals surface area contributed by atoms with Crippen LogP contribution in [0.3, 0.4) is 0 Å². The van der Waals surface area contributed by atoms with Crippen molar-refractivity contribution in [1.29, 1.82) is 0 Å². The SMILES string of the molecule is Oc1c(I)cc([C@H](c2ccc(OC(F)(F)F)cc2)N2CCNCC2)cc1I. The van der Waals surface area contributed by atoms with E-state index in [1.54, 1.807) is 12.1 Å². The van der Waals surface area contributed by atoms with Gasteiger partial charge >= 0.3 is 6.36 Å². The lowest BCUT2D eigenvalue weighted by atomic mass is 9.96. The Balaban J connectivity index is 1.97. The zero-order chi connectivity index (χ0) is 19.6. The van der Waals surface area contributed by atoms with Crippen molar-refractivity contribution in [2.45, 2.75) is 12.4 Å². The number of aromatic hydroxyl groups is 1. The Morgan fingerprint density at radius 1 is 1.00 bits per heavy atom. The third-order valence-corrected chi connectivity index (χ3v) is 5.95. The highest BCUT2D eigenvalue weighted by molar-refractivity contribution is 14.1. The fourth-order valence-corrected chi connectivity index (χ4v) is 4.97. The van der Waals surface area contributed by atoms with Crippen molar-refractivity contribution in [2.24, 2.45) is 0 Å². The number of nitrogens with zero attached hydrogens (tertiary/aromatic N) is 1. The number of alkyl halides is 3. The topological polar surface area (TPSA) is 44.7 Å². The fourth-order valence-electron chi connectivity index (χ4n) is 3.15. The molecule has 1 aliphatic rings. The van der Waals surface area contributed by atoms with Crippen molar-refractivity contribution in [3.63, 3.8) is 0 Å². The molecular weight excluding hydrogens is 587 g/mol. The van der Waals surface area contributed by atoms with Gasteiger partial charge in [0.1, 0.15) is 11.5 Å². The van der Waals surface area contributed by atoms with Crippen LogP contribution in [0.2, 0.25) is 0 Å². The Bertz CT molecular complexity index is 771. The zero-order valence-electron chi connectivity index (χ0n) is 14.1. The molecule has 1 atom stereocenters. The van der Waals surface area contributed by atoms with Crippen LogP contribution in [-0.2, 0) is 0 Å². The molecule has 2 aromatic carbocycles. The molecule has 0 unspecified atom stereocenters. The van der Waals surface area contributed by atoms with Gasteiger partial charge in [0.05, 0.1) is 13.2 Å². The lowest BCUT2D eigenvalue weighted by Crippen LogP contribution is -2.45.